The van der Waals surface area contributed by atoms with E-state index >= 15 is 0 Å². The molecule has 0 amide bonds. The zero-order valence-corrected chi connectivity index (χ0v) is 16.4. The van der Waals surface area contributed by atoms with Gasteiger partial charge in [0, 0.05) is 37.3 Å². The molecule has 3 aromatic rings. The number of aliphatic imine (C=N–C) groups is 1. The highest BCUT2D eigenvalue weighted by Crippen LogP contribution is 2.33. The third-order valence-electron chi connectivity index (χ3n) is 5.30. The third kappa shape index (κ3) is 3.88. The van der Waals surface area contributed by atoms with Crippen LogP contribution in [0.15, 0.2) is 59.9 Å². The predicted molar refractivity (Wildman–Crippen MR) is 111 cm³/mol. The van der Waals surface area contributed by atoms with Gasteiger partial charge in [0.25, 0.3) is 0 Å². The standard InChI is InChI=1S/C23H22F2N4/c1-3-29(2)23-26-13-17(14-27-23)15-7-9-16(10-8-15)20-11-12-21(28-20)22-18(24)5-4-6-19(22)25/h4-10,13-14,20H,3,11-12H2,1-2H3. The van der Waals surface area contributed by atoms with Crippen molar-refractivity contribution in [2.75, 3.05) is 18.5 Å². The number of hydrogen-bond acceptors (Lipinski definition) is 4. The maximum atomic E-state index is 14.0. The molecular formula is C23H22F2N4. The van der Waals surface area contributed by atoms with E-state index < -0.39 is 11.6 Å². The predicted octanol–water partition coefficient (Wildman–Crippen LogP) is 5.20. The van der Waals surface area contributed by atoms with Gasteiger partial charge < -0.3 is 4.90 Å². The highest BCUT2D eigenvalue weighted by atomic mass is 19.1. The Hall–Kier alpha value is -3.15. The summed E-state index contributed by atoms with van der Waals surface area (Å²) >= 11 is 0. The largest absolute Gasteiger partial charge is 0.344 e. The molecule has 0 radical (unpaired) electrons. The van der Waals surface area contributed by atoms with Crippen molar-refractivity contribution < 1.29 is 8.78 Å². The van der Waals surface area contributed by atoms with Crippen molar-refractivity contribution in [1.82, 2.24) is 9.97 Å². The number of halogens is 2. The smallest absolute Gasteiger partial charge is 0.225 e. The zero-order valence-electron chi connectivity index (χ0n) is 16.4. The summed E-state index contributed by atoms with van der Waals surface area (Å²) in [5.74, 6) is -0.421. The molecule has 0 saturated carbocycles. The van der Waals surface area contributed by atoms with Gasteiger partial charge >= 0.3 is 0 Å². The Morgan fingerprint density at radius 3 is 2.24 bits per heavy atom. The molecule has 0 spiro atoms. The SMILES string of the molecule is CCN(C)c1ncc(-c2ccc(C3CCC(c4c(F)cccc4F)=N3)cc2)cn1. The maximum Gasteiger partial charge on any atom is 0.225 e. The van der Waals surface area contributed by atoms with Gasteiger partial charge in [-0.25, -0.2) is 18.7 Å². The molecule has 0 bridgehead atoms. The van der Waals surface area contributed by atoms with Crippen LogP contribution in [0.5, 0.6) is 0 Å². The van der Waals surface area contributed by atoms with E-state index in [1.165, 1.54) is 18.2 Å². The second kappa shape index (κ2) is 8.07. The Morgan fingerprint density at radius 1 is 0.966 bits per heavy atom. The van der Waals surface area contributed by atoms with Crippen molar-refractivity contribution in [3.8, 4) is 11.1 Å². The molecule has 1 aromatic heterocycles. The molecule has 148 valence electrons. The van der Waals surface area contributed by atoms with E-state index in [0.29, 0.717) is 18.1 Å². The van der Waals surface area contributed by atoms with Gasteiger partial charge in [0.15, 0.2) is 0 Å². The van der Waals surface area contributed by atoms with Crippen LogP contribution in [0.4, 0.5) is 14.7 Å². The first-order valence-corrected chi connectivity index (χ1v) is 9.71. The molecule has 4 rings (SSSR count). The number of anilines is 1. The van der Waals surface area contributed by atoms with Crippen molar-refractivity contribution in [2.24, 2.45) is 4.99 Å². The number of rotatable bonds is 5. The van der Waals surface area contributed by atoms with Crippen LogP contribution in [0.1, 0.15) is 36.9 Å². The number of nitrogens with zero attached hydrogens (tertiary/aromatic N) is 4. The van der Waals surface area contributed by atoms with Crippen LogP contribution in [0.2, 0.25) is 0 Å². The minimum Gasteiger partial charge on any atom is -0.344 e. The minimum atomic E-state index is -0.558. The van der Waals surface area contributed by atoms with Gasteiger partial charge in [-0.3, -0.25) is 4.99 Å². The molecule has 1 atom stereocenters. The van der Waals surface area contributed by atoms with Crippen LogP contribution in [0.25, 0.3) is 11.1 Å². The lowest BCUT2D eigenvalue weighted by Crippen LogP contribution is -2.18. The van der Waals surface area contributed by atoms with Crippen molar-refractivity contribution in [1.29, 1.82) is 0 Å². The summed E-state index contributed by atoms with van der Waals surface area (Å²) in [6, 6.07) is 11.9. The van der Waals surface area contributed by atoms with Crippen molar-refractivity contribution >= 4 is 11.7 Å². The Morgan fingerprint density at radius 2 is 1.62 bits per heavy atom. The highest BCUT2D eigenvalue weighted by Gasteiger charge is 2.24. The quantitative estimate of drug-likeness (QED) is 0.599. The molecule has 6 heteroatoms. The molecule has 0 aliphatic carbocycles. The first kappa shape index (κ1) is 19.2. The van der Waals surface area contributed by atoms with E-state index in [1.54, 1.807) is 0 Å². The molecule has 0 N–H and O–H groups in total. The minimum absolute atomic E-state index is 0.000839. The number of hydrogen-bond donors (Lipinski definition) is 0. The van der Waals surface area contributed by atoms with Crippen molar-refractivity contribution in [3.05, 3.63) is 77.6 Å². The molecule has 0 fully saturated rings. The van der Waals surface area contributed by atoms with E-state index in [0.717, 1.165) is 29.7 Å². The van der Waals surface area contributed by atoms with E-state index in [4.69, 9.17) is 0 Å². The first-order valence-electron chi connectivity index (χ1n) is 9.71. The van der Waals surface area contributed by atoms with Gasteiger partial charge in [0.05, 0.1) is 11.6 Å². The van der Waals surface area contributed by atoms with Crippen LogP contribution in [0, 0.1) is 11.6 Å². The molecule has 29 heavy (non-hydrogen) atoms. The second-order valence-electron chi connectivity index (χ2n) is 7.13. The molecule has 1 unspecified atom stereocenters. The fourth-order valence-corrected chi connectivity index (χ4v) is 3.50. The Balaban J connectivity index is 1.53. The number of benzene rings is 2. The number of aromatic nitrogens is 2. The van der Waals surface area contributed by atoms with E-state index in [-0.39, 0.29) is 11.6 Å². The summed E-state index contributed by atoms with van der Waals surface area (Å²) in [5.41, 5.74) is 3.49. The van der Waals surface area contributed by atoms with Gasteiger partial charge in [-0.1, -0.05) is 30.3 Å². The van der Waals surface area contributed by atoms with Crippen LogP contribution >= 0.6 is 0 Å². The lowest BCUT2D eigenvalue weighted by molar-refractivity contribution is 0.578. The third-order valence-corrected chi connectivity index (χ3v) is 5.30. The Labute approximate surface area is 169 Å². The summed E-state index contributed by atoms with van der Waals surface area (Å²) in [6.07, 6.45) is 4.93. The molecule has 1 aliphatic rings. The molecule has 2 aromatic carbocycles. The molecule has 0 saturated heterocycles. The van der Waals surface area contributed by atoms with Crippen molar-refractivity contribution in [3.63, 3.8) is 0 Å². The molecule has 4 nitrogen and oxygen atoms in total. The van der Waals surface area contributed by atoms with Crippen LogP contribution < -0.4 is 4.90 Å². The Kier molecular flexibility index (Phi) is 5.34. The van der Waals surface area contributed by atoms with E-state index in [2.05, 4.69) is 15.0 Å². The fourth-order valence-electron chi connectivity index (χ4n) is 3.50. The topological polar surface area (TPSA) is 41.4 Å². The summed E-state index contributed by atoms with van der Waals surface area (Å²) in [4.78, 5) is 15.4. The molecule has 2 heterocycles. The van der Waals surface area contributed by atoms with Crippen molar-refractivity contribution in [2.45, 2.75) is 25.8 Å². The van der Waals surface area contributed by atoms with Gasteiger partial charge in [-0.15, -0.1) is 0 Å². The summed E-state index contributed by atoms with van der Waals surface area (Å²) in [5, 5.41) is 0. The fraction of sp³-hybridized carbons (Fsp3) is 0.261. The van der Waals surface area contributed by atoms with Crippen LogP contribution in [-0.4, -0.2) is 29.3 Å². The summed E-state index contributed by atoms with van der Waals surface area (Å²) < 4.78 is 28.1. The average molecular weight is 392 g/mol. The average Bonchev–Trinajstić information content (AvgIpc) is 3.23. The normalized spacial score (nSPS) is 16.0. The second-order valence-corrected chi connectivity index (χ2v) is 7.13. The lowest BCUT2D eigenvalue weighted by atomic mass is 10.0. The van der Waals surface area contributed by atoms with Gasteiger partial charge in [0.2, 0.25) is 5.95 Å². The summed E-state index contributed by atoms with van der Waals surface area (Å²) in [6.45, 7) is 2.89. The van der Waals surface area contributed by atoms with E-state index in [1.807, 2.05) is 55.5 Å². The van der Waals surface area contributed by atoms with Gasteiger partial charge in [0.1, 0.15) is 11.6 Å². The van der Waals surface area contributed by atoms with Gasteiger partial charge in [-0.2, -0.15) is 0 Å². The Bertz CT molecular complexity index is 1010. The molecular weight excluding hydrogens is 370 g/mol. The molecule has 1 aliphatic heterocycles. The van der Waals surface area contributed by atoms with Gasteiger partial charge in [-0.05, 0) is 43.0 Å². The lowest BCUT2D eigenvalue weighted by Gasteiger charge is -2.14. The first-order chi connectivity index (χ1) is 14.1. The van der Waals surface area contributed by atoms with Crippen LogP contribution in [0.3, 0.4) is 0 Å². The summed E-state index contributed by atoms with van der Waals surface area (Å²) in [7, 11) is 1.95. The van der Waals surface area contributed by atoms with E-state index in [9.17, 15) is 8.78 Å². The monoisotopic (exact) mass is 392 g/mol. The maximum absolute atomic E-state index is 14.0. The van der Waals surface area contributed by atoms with Crippen LogP contribution in [-0.2, 0) is 0 Å². The zero-order chi connectivity index (χ0) is 20.4. The highest BCUT2D eigenvalue weighted by molar-refractivity contribution is 6.02.